The molecule has 0 bridgehead atoms. The van der Waals surface area contributed by atoms with E-state index < -0.39 is 11.7 Å². The quantitative estimate of drug-likeness (QED) is 0.768. The summed E-state index contributed by atoms with van der Waals surface area (Å²) in [6, 6.07) is 6.36. The first-order chi connectivity index (χ1) is 8.00. The van der Waals surface area contributed by atoms with Crippen LogP contribution in [0.15, 0.2) is 43.0 Å². The summed E-state index contributed by atoms with van der Waals surface area (Å²) in [7, 11) is 0. The van der Waals surface area contributed by atoms with Gasteiger partial charge in [-0.1, -0.05) is 30.3 Å². The number of anilines is 1. The molecule has 17 heavy (non-hydrogen) atoms. The van der Waals surface area contributed by atoms with Gasteiger partial charge in [0.25, 0.3) is 0 Å². The van der Waals surface area contributed by atoms with Crippen molar-refractivity contribution in [2.24, 2.45) is 0 Å². The van der Waals surface area contributed by atoms with Gasteiger partial charge < -0.3 is 5.73 Å². The summed E-state index contributed by atoms with van der Waals surface area (Å²) < 4.78 is 35.4. The number of hydrogen-bond acceptors (Lipinski definition) is 4. The molecule has 0 fully saturated rings. The molecule has 0 aliphatic heterocycles. The maximum absolute atomic E-state index is 11.8. The highest BCUT2D eigenvalue weighted by atomic mass is 19.4. The van der Waals surface area contributed by atoms with Crippen molar-refractivity contribution in [3.63, 3.8) is 0 Å². The van der Waals surface area contributed by atoms with Gasteiger partial charge in [0.15, 0.2) is 0 Å². The average molecular weight is 242 g/mol. The molecule has 2 N–H and O–H groups in total. The number of rotatable bonds is 0. The average Bonchev–Trinajstić information content (AvgIpc) is 2.31. The monoisotopic (exact) mass is 242 g/mol. The smallest absolute Gasteiger partial charge is 0.368 e. The molecule has 0 amide bonds. The number of nitrogens with two attached hydrogens (primary N) is 1. The van der Waals surface area contributed by atoms with E-state index in [2.05, 4.69) is 15.0 Å². The first-order valence-corrected chi connectivity index (χ1v) is 4.50. The number of nitrogens with zero attached hydrogens (tertiary/aromatic N) is 3. The van der Waals surface area contributed by atoms with Gasteiger partial charge in [-0.05, 0) is 0 Å². The zero-order valence-electron chi connectivity index (χ0n) is 8.59. The molecular formula is C10H9F3N4. The van der Waals surface area contributed by atoms with Gasteiger partial charge in [0, 0.05) is 0 Å². The van der Waals surface area contributed by atoms with Gasteiger partial charge in [0.2, 0.25) is 5.95 Å². The summed E-state index contributed by atoms with van der Waals surface area (Å²) >= 11 is 0. The van der Waals surface area contributed by atoms with Crippen LogP contribution >= 0.6 is 0 Å². The van der Waals surface area contributed by atoms with E-state index in [1.807, 2.05) is 0 Å². The van der Waals surface area contributed by atoms with E-state index in [1.165, 1.54) is 24.8 Å². The zero-order chi connectivity index (χ0) is 12.7. The van der Waals surface area contributed by atoms with Gasteiger partial charge in [-0.2, -0.15) is 13.2 Å². The Morgan fingerprint density at radius 3 is 1.76 bits per heavy atom. The molecule has 0 saturated heterocycles. The van der Waals surface area contributed by atoms with Crippen molar-refractivity contribution in [1.29, 1.82) is 0 Å². The van der Waals surface area contributed by atoms with Crippen molar-refractivity contribution >= 4 is 5.95 Å². The summed E-state index contributed by atoms with van der Waals surface area (Å²) in [6.45, 7) is 0. The molecule has 0 aliphatic rings. The second kappa shape index (κ2) is 5.78. The predicted octanol–water partition coefficient (Wildman–Crippen LogP) is 2.16. The standard InChI is InChI=1S/C7H5F3.C3H4N4/c8-7(9,10)6-4-2-1-3-5-6;4-3-6-1-5-2-7-3/h1-5H;1-2H,(H2,4,5,6,7). The van der Waals surface area contributed by atoms with E-state index in [0.29, 0.717) is 0 Å². The molecule has 0 unspecified atom stereocenters. The van der Waals surface area contributed by atoms with Crippen LogP contribution in [-0.4, -0.2) is 15.0 Å². The summed E-state index contributed by atoms with van der Waals surface area (Å²) in [4.78, 5) is 10.6. The molecule has 1 aromatic carbocycles. The maximum Gasteiger partial charge on any atom is 0.416 e. The third kappa shape index (κ3) is 4.92. The van der Waals surface area contributed by atoms with Crippen LogP contribution in [0.5, 0.6) is 0 Å². The summed E-state index contributed by atoms with van der Waals surface area (Å²) in [5, 5.41) is 0. The molecule has 0 aliphatic carbocycles. The van der Waals surface area contributed by atoms with Gasteiger partial charge in [0.1, 0.15) is 12.7 Å². The lowest BCUT2D eigenvalue weighted by molar-refractivity contribution is -0.137. The lowest BCUT2D eigenvalue weighted by Gasteiger charge is -2.03. The fraction of sp³-hybridized carbons (Fsp3) is 0.100. The van der Waals surface area contributed by atoms with Crippen LogP contribution in [0.2, 0.25) is 0 Å². The van der Waals surface area contributed by atoms with Crippen LogP contribution in [0.3, 0.4) is 0 Å². The van der Waals surface area contributed by atoms with Crippen LogP contribution in [0.1, 0.15) is 5.56 Å². The molecule has 2 aromatic rings. The minimum Gasteiger partial charge on any atom is -0.368 e. The second-order valence-corrected chi connectivity index (χ2v) is 2.86. The summed E-state index contributed by atoms with van der Waals surface area (Å²) in [5.74, 6) is 0.259. The lowest BCUT2D eigenvalue weighted by Crippen LogP contribution is -2.03. The third-order valence-corrected chi connectivity index (χ3v) is 1.61. The molecule has 1 aromatic heterocycles. The first-order valence-electron chi connectivity index (χ1n) is 4.50. The van der Waals surface area contributed by atoms with Gasteiger partial charge in [-0.15, -0.1) is 0 Å². The molecule has 0 atom stereocenters. The fourth-order valence-electron chi connectivity index (χ4n) is 0.875. The minimum absolute atomic E-state index is 0.259. The van der Waals surface area contributed by atoms with Gasteiger partial charge in [-0.25, -0.2) is 15.0 Å². The Kier molecular flexibility index (Phi) is 4.38. The van der Waals surface area contributed by atoms with Gasteiger partial charge in [-0.3, -0.25) is 0 Å². The van der Waals surface area contributed by atoms with Crippen molar-refractivity contribution < 1.29 is 13.2 Å². The van der Waals surface area contributed by atoms with E-state index in [-0.39, 0.29) is 5.95 Å². The Labute approximate surface area is 95.4 Å². The number of nitrogen functional groups attached to an aromatic ring is 1. The van der Waals surface area contributed by atoms with Crippen molar-refractivity contribution in [2.75, 3.05) is 5.73 Å². The Morgan fingerprint density at radius 2 is 1.47 bits per heavy atom. The van der Waals surface area contributed by atoms with E-state index >= 15 is 0 Å². The molecule has 7 heteroatoms. The normalized spacial score (nSPS) is 10.3. The van der Waals surface area contributed by atoms with Gasteiger partial charge >= 0.3 is 6.18 Å². The molecular weight excluding hydrogens is 233 g/mol. The van der Waals surface area contributed by atoms with Crippen LogP contribution < -0.4 is 5.73 Å². The van der Waals surface area contributed by atoms with E-state index in [0.717, 1.165) is 12.1 Å². The Balaban J connectivity index is 0.000000181. The maximum atomic E-state index is 11.8. The highest BCUT2D eigenvalue weighted by Gasteiger charge is 2.29. The van der Waals surface area contributed by atoms with Crippen molar-refractivity contribution in [1.82, 2.24) is 15.0 Å². The molecule has 0 spiro atoms. The summed E-state index contributed by atoms with van der Waals surface area (Å²) in [6.07, 6.45) is -1.51. The SMILES string of the molecule is FC(F)(F)c1ccccc1.Nc1ncncn1. The number of hydrogen-bond donors (Lipinski definition) is 1. The third-order valence-electron chi connectivity index (χ3n) is 1.61. The van der Waals surface area contributed by atoms with E-state index in [9.17, 15) is 13.2 Å². The minimum atomic E-state index is -4.21. The Morgan fingerprint density at radius 1 is 0.941 bits per heavy atom. The fourth-order valence-corrected chi connectivity index (χ4v) is 0.875. The Hall–Kier alpha value is -2.18. The van der Waals surface area contributed by atoms with Crippen LogP contribution in [0.25, 0.3) is 0 Å². The summed E-state index contributed by atoms with van der Waals surface area (Å²) in [5.41, 5.74) is 4.49. The lowest BCUT2D eigenvalue weighted by atomic mass is 10.2. The van der Waals surface area contributed by atoms with Gasteiger partial charge in [0.05, 0.1) is 5.56 Å². The van der Waals surface area contributed by atoms with Crippen molar-refractivity contribution in [3.05, 3.63) is 48.5 Å². The molecule has 0 saturated carbocycles. The van der Waals surface area contributed by atoms with E-state index in [1.54, 1.807) is 6.07 Å². The number of halogens is 3. The molecule has 0 radical (unpaired) electrons. The second-order valence-electron chi connectivity index (χ2n) is 2.86. The zero-order valence-corrected chi connectivity index (χ0v) is 8.59. The highest BCUT2D eigenvalue weighted by molar-refractivity contribution is 5.17. The van der Waals surface area contributed by atoms with Crippen LogP contribution in [0.4, 0.5) is 19.1 Å². The van der Waals surface area contributed by atoms with E-state index in [4.69, 9.17) is 5.73 Å². The van der Waals surface area contributed by atoms with Crippen molar-refractivity contribution in [2.45, 2.75) is 6.18 Å². The largest absolute Gasteiger partial charge is 0.416 e. The Bertz CT molecular complexity index is 430. The van der Waals surface area contributed by atoms with Crippen LogP contribution in [-0.2, 0) is 6.18 Å². The first kappa shape index (κ1) is 12.9. The number of aromatic nitrogens is 3. The molecule has 90 valence electrons. The number of alkyl halides is 3. The predicted molar refractivity (Wildman–Crippen MR) is 55.7 cm³/mol. The molecule has 4 nitrogen and oxygen atoms in total. The highest BCUT2D eigenvalue weighted by Crippen LogP contribution is 2.28. The molecule has 2 rings (SSSR count). The van der Waals surface area contributed by atoms with Crippen LogP contribution in [0, 0.1) is 0 Å². The van der Waals surface area contributed by atoms with Crippen molar-refractivity contribution in [3.8, 4) is 0 Å². The number of benzene rings is 1. The molecule has 1 heterocycles. The topological polar surface area (TPSA) is 64.7 Å².